The van der Waals surface area contributed by atoms with Crippen LogP contribution in [0, 0.1) is 0 Å². The molecule has 0 fully saturated rings. The van der Waals surface area contributed by atoms with Gasteiger partial charge in [-0.2, -0.15) is 0 Å². The molecule has 1 aromatic heterocycles. The number of aromatic nitrogens is 1. The molecule has 0 spiro atoms. The molecule has 19 heavy (non-hydrogen) atoms. The lowest BCUT2D eigenvalue weighted by Crippen LogP contribution is -2.01. The van der Waals surface area contributed by atoms with Gasteiger partial charge in [-0.15, -0.1) is 0 Å². The van der Waals surface area contributed by atoms with E-state index in [1.165, 1.54) is 0 Å². The van der Waals surface area contributed by atoms with Crippen LogP contribution in [0.1, 0.15) is 19.5 Å². The Balaban J connectivity index is 2.52. The maximum atomic E-state index is 10.8. The van der Waals surface area contributed by atoms with Crippen molar-refractivity contribution in [2.24, 2.45) is 0 Å². The molecule has 0 aliphatic rings. The van der Waals surface area contributed by atoms with Crippen LogP contribution in [-0.4, -0.2) is 29.4 Å². The summed E-state index contributed by atoms with van der Waals surface area (Å²) in [5.41, 5.74) is 0.801. The van der Waals surface area contributed by atoms with Crippen LogP contribution in [0.4, 0.5) is 0 Å². The third-order valence-electron chi connectivity index (χ3n) is 2.54. The van der Waals surface area contributed by atoms with E-state index in [0.29, 0.717) is 41.4 Å². The topological polar surface area (TPSA) is 81.8 Å². The second-order valence-corrected chi connectivity index (χ2v) is 3.84. The number of carboxylic acid groups (broad SMARTS) is 1. The normalized spacial score (nSPS) is 10.6. The zero-order valence-corrected chi connectivity index (χ0v) is 10.8. The molecule has 0 unspecified atom stereocenters. The first kappa shape index (κ1) is 13.2. The summed E-state index contributed by atoms with van der Waals surface area (Å²) in [5, 5.41) is 13.2. The van der Waals surface area contributed by atoms with Gasteiger partial charge in [0.2, 0.25) is 11.3 Å². The molecular formula is C13H15NO5. The van der Waals surface area contributed by atoms with Gasteiger partial charge in [0.1, 0.15) is 5.69 Å². The molecule has 0 saturated heterocycles. The van der Waals surface area contributed by atoms with Crippen LogP contribution in [-0.2, 0) is 11.2 Å². The van der Waals surface area contributed by atoms with E-state index in [1.54, 1.807) is 12.1 Å². The molecule has 102 valence electrons. The van der Waals surface area contributed by atoms with Crippen molar-refractivity contribution in [2.45, 2.75) is 20.3 Å². The maximum absolute atomic E-state index is 10.8. The minimum atomic E-state index is -0.956. The fourth-order valence-corrected chi connectivity index (χ4v) is 1.83. The summed E-state index contributed by atoms with van der Waals surface area (Å²) in [7, 11) is 0. The molecular weight excluding hydrogens is 250 g/mol. The van der Waals surface area contributed by atoms with E-state index in [2.05, 4.69) is 5.16 Å². The summed E-state index contributed by atoms with van der Waals surface area (Å²) in [6, 6.07) is 3.47. The number of carboxylic acids is 1. The van der Waals surface area contributed by atoms with Crippen molar-refractivity contribution in [1.82, 2.24) is 5.16 Å². The van der Waals surface area contributed by atoms with E-state index in [4.69, 9.17) is 19.1 Å². The molecule has 0 radical (unpaired) electrons. The average Bonchev–Trinajstić information content (AvgIpc) is 2.75. The molecule has 0 aliphatic carbocycles. The molecule has 2 aromatic rings. The SMILES string of the molecule is CCOc1ccc2c(CC(=O)O)noc2c1OCC. The lowest BCUT2D eigenvalue weighted by Gasteiger charge is -2.10. The van der Waals surface area contributed by atoms with Gasteiger partial charge in [-0.3, -0.25) is 4.79 Å². The third-order valence-corrected chi connectivity index (χ3v) is 2.54. The van der Waals surface area contributed by atoms with Crippen molar-refractivity contribution < 1.29 is 23.9 Å². The van der Waals surface area contributed by atoms with Gasteiger partial charge in [-0.25, -0.2) is 0 Å². The Morgan fingerprint density at radius 2 is 2.05 bits per heavy atom. The Kier molecular flexibility index (Phi) is 3.89. The Bertz CT molecular complexity index is 590. The zero-order chi connectivity index (χ0) is 13.8. The zero-order valence-electron chi connectivity index (χ0n) is 10.8. The van der Waals surface area contributed by atoms with Crippen molar-refractivity contribution in [1.29, 1.82) is 0 Å². The molecule has 1 N–H and O–H groups in total. The van der Waals surface area contributed by atoms with Crippen LogP contribution in [0.15, 0.2) is 16.7 Å². The van der Waals surface area contributed by atoms with Gasteiger partial charge in [0.15, 0.2) is 5.75 Å². The summed E-state index contributed by atoms with van der Waals surface area (Å²) in [6.07, 6.45) is -0.188. The number of ether oxygens (including phenoxy) is 2. The van der Waals surface area contributed by atoms with E-state index < -0.39 is 5.97 Å². The predicted octanol–water partition coefficient (Wildman–Crippen LogP) is 2.25. The van der Waals surface area contributed by atoms with Gasteiger partial charge in [-0.05, 0) is 26.0 Å². The Morgan fingerprint density at radius 3 is 2.68 bits per heavy atom. The van der Waals surface area contributed by atoms with E-state index in [9.17, 15) is 4.79 Å². The van der Waals surface area contributed by atoms with Crippen LogP contribution in [0.5, 0.6) is 11.5 Å². The predicted molar refractivity (Wildman–Crippen MR) is 67.7 cm³/mol. The molecule has 0 bridgehead atoms. The summed E-state index contributed by atoms with van der Waals surface area (Å²) in [4.78, 5) is 10.8. The number of hydrogen-bond acceptors (Lipinski definition) is 5. The van der Waals surface area contributed by atoms with E-state index in [1.807, 2.05) is 13.8 Å². The molecule has 6 nitrogen and oxygen atoms in total. The number of nitrogens with zero attached hydrogens (tertiary/aromatic N) is 1. The lowest BCUT2D eigenvalue weighted by molar-refractivity contribution is -0.136. The minimum absolute atomic E-state index is 0.188. The summed E-state index contributed by atoms with van der Waals surface area (Å²) < 4.78 is 16.2. The number of aliphatic carboxylic acids is 1. The molecule has 1 heterocycles. The molecule has 0 atom stereocenters. The molecule has 0 saturated carbocycles. The standard InChI is InChI=1S/C13H15NO5/c1-3-17-10-6-5-8-9(7-11(15)16)14-19-12(8)13(10)18-4-2/h5-6H,3-4,7H2,1-2H3,(H,15,16). The number of hydrogen-bond donors (Lipinski definition) is 1. The first-order valence-corrected chi connectivity index (χ1v) is 6.06. The van der Waals surface area contributed by atoms with Gasteiger partial charge in [0.25, 0.3) is 0 Å². The van der Waals surface area contributed by atoms with Crippen LogP contribution in [0.2, 0.25) is 0 Å². The summed E-state index contributed by atoms with van der Waals surface area (Å²) >= 11 is 0. The highest BCUT2D eigenvalue weighted by Crippen LogP contribution is 2.37. The Hall–Kier alpha value is -2.24. The van der Waals surface area contributed by atoms with Crippen LogP contribution in [0.3, 0.4) is 0 Å². The highest BCUT2D eigenvalue weighted by Gasteiger charge is 2.19. The fourth-order valence-electron chi connectivity index (χ4n) is 1.83. The van der Waals surface area contributed by atoms with Crippen molar-refractivity contribution in [3.63, 3.8) is 0 Å². The highest BCUT2D eigenvalue weighted by atomic mass is 16.5. The monoisotopic (exact) mass is 265 g/mol. The molecule has 0 amide bonds. The van der Waals surface area contributed by atoms with Crippen LogP contribution < -0.4 is 9.47 Å². The highest BCUT2D eigenvalue weighted by molar-refractivity contribution is 5.89. The van der Waals surface area contributed by atoms with Crippen molar-refractivity contribution in [3.8, 4) is 11.5 Å². The van der Waals surface area contributed by atoms with Crippen LogP contribution >= 0.6 is 0 Å². The van der Waals surface area contributed by atoms with Gasteiger partial charge in [0.05, 0.1) is 19.6 Å². The first-order valence-electron chi connectivity index (χ1n) is 6.06. The van der Waals surface area contributed by atoms with Crippen molar-refractivity contribution in [2.75, 3.05) is 13.2 Å². The number of carbonyl (C=O) groups is 1. The molecule has 0 aliphatic heterocycles. The van der Waals surface area contributed by atoms with Gasteiger partial charge in [0, 0.05) is 5.39 Å². The van der Waals surface area contributed by atoms with Gasteiger partial charge >= 0.3 is 5.97 Å². The third kappa shape index (κ3) is 2.62. The average molecular weight is 265 g/mol. The molecule has 1 aromatic carbocycles. The Morgan fingerprint density at radius 1 is 1.32 bits per heavy atom. The molecule has 2 rings (SSSR count). The number of rotatable bonds is 6. The second kappa shape index (κ2) is 5.60. The second-order valence-electron chi connectivity index (χ2n) is 3.84. The van der Waals surface area contributed by atoms with Gasteiger partial charge < -0.3 is 19.1 Å². The summed E-state index contributed by atoms with van der Waals surface area (Å²) in [5.74, 6) is 0.0721. The quantitative estimate of drug-likeness (QED) is 0.862. The van der Waals surface area contributed by atoms with E-state index in [-0.39, 0.29) is 6.42 Å². The largest absolute Gasteiger partial charge is 0.490 e. The van der Waals surface area contributed by atoms with E-state index in [0.717, 1.165) is 0 Å². The Labute approximate surface area is 109 Å². The molecule has 6 heteroatoms. The fraction of sp³-hybridized carbons (Fsp3) is 0.385. The summed E-state index contributed by atoms with van der Waals surface area (Å²) in [6.45, 7) is 4.68. The maximum Gasteiger partial charge on any atom is 0.309 e. The lowest BCUT2D eigenvalue weighted by atomic mass is 10.1. The smallest absolute Gasteiger partial charge is 0.309 e. The number of benzene rings is 1. The van der Waals surface area contributed by atoms with Crippen molar-refractivity contribution in [3.05, 3.63) is 17.8 Å². The van der Waals surface area contributed by atoms with Crippen molar-refractivity contribution >= 4 is 16.9 Å². The van der Waals surface area contributed by atoms with Gasteiger partial charge in [-0.1, -0.05) is 5.16 Å². The minimum Gasteiger partial charge on any atom is -0.490 e. The van der Waals surface area contributed by atoms with Crippen LogP contribution in [0.25, 0.3) is 11.0 Å². The van der Waals surface area contributed by atoms with E-state index >= 15 is 0 Å². The number of fused-ring (bicyclic) bond motifs is 1. The first-order chi connectivity index (χ1) is 9.17.